The van der Waals surface area contributed by atoms with E-state index >= 15 is 0 Å². The van der Waals surface area contributed by atoms with Crippen molar-refractivity contribution in [1.82, 2.24) is 9.88 Å². The van der Waals surface area contributed by atoms with Gasteiger partial charge >= 0.3 is 0 Å². The Balaban J connectivity index is 1.55. The van der Waals surface area contributed by atoms with Crippen molar-refractivity contribution < 1.29 is 9.59 Å². The number of aromatic nitrogens is 1. The highest BCUT2D eigenvalue weighted by atomic mass is 35.5. The molecule has 1 aromatic heterocycles. The maximum Gasteiger partial charge on any atom is 0.233 e. The number of thioether (sulfide) groups is 1. The molecule has 1 aliphatic heterocycles. The summed E-state index contributed by atoms with van der Waals surface area (Å²) in [6.07, 6.45) is 1.32. The number of benzene rings is 1. The van der Waals surface area contributed by atoms with E-state index in [0.717, 1.165) is 14.6 Å². The van der Waals surface area contributed by atoms with E-state index < -0.39 is 0 Å². The van der Waals surface area contributed by atoms with E-state index in [-0.39, 0.29) is 17.7 Å². The molecule has 1 aliphatic rings. The lowest BCUT2D eigenvalue weighted by molar-refractivity contribution is -0.132. The number of amides is 2. The number of thiazole rings is 1. The van der Waals surface area contributed by atoms with Crippen LogP contribution in [0.15, 0.2) is 22.5 Å². The fourth-order valence-corrected chi connectivity index (χ4v) is 4.69. The third kappa shape index (κ3) is 3.97. The standard InChI is InChI=1S/C15H16ClN3O2S2/c16-10-1-2-12-11(7-10)18-15(23-12)22-8-13(20)19-5-3-9(4-6-19)14(17)21/h1-2,7,9H,3-6,8H2,(H2,17,21). The third-order valence-electron chi connectivity index (χ3n) is 3.90. The summed E-state index contributed by atoms with van der Waals surface area (Å²) in [4.78, 5) is 29.7. The van der Waals surface area contributed by atoms with E-state index in [1.54, 1.807) is 16.2 Å². The average Bonchev–Trinajstić information content (AvgIpc) is 2.94. The largest absolute Gasteiger partial charge is 0.369 e. The summed E-state index contributed by atoms with van der Waals surface area (Å²) >= 11 is 8.96. The van der Waals surface area contributed by atoms with E-state index in [0.29, 0.717) is 36.7 Å². The Bertz CT molecular complexity index is 741. The van der Waals surface area contributed by atoms with Gasteiger partial charge in [-0.25, -0.2) is 4.98 Å². The van der Waals surface area contributed by atoms with Crippen LogP contribution in [0.5, 0.6) is 0 Å². The number of nitrogens with zero attached hydrogens (tertiary/aromatic N) is 2. The Morgan fingerprint density at radius 1 is 1.39 bits per heavy atom. The zero-order valence-corrected chi connectivity index (χ0v) is 14.7. The normalized spacial score (nSPS) is 16.0. The fourth-order valence-electron chi connectivity index (χ4n) is 2.57. The van der Waals surface area contributed by atoms with Gasteiger partial charge in [-0.15, -0.1) is 11.3 Å². The van der Waals surface area contributed by atoms with Crippen molar-refractivity contribution in [2.75, 3.05) is 18.8 Å². The van der Waals surface area contributed by atoms with Crippen molar-refractivity contribution in [1.29, 1.82) is 0 Å². The smallest absolute Gasteiger partial charge is 0.233 e. The maximum atomic E-state index is 12.3. The highest BCUT2D eigenvalue weighted by molar-refractivity contribution is 8.01. The molecular weight excluding hydrogens is 354 g/mol. The molecule has 2 heterocycles. The summed E-state index contributed by atoms with van der Waals surface area (Å²) in [5, 5.41) is 0.660. The summed E-state index contributed by atoms with van der Waals surface area (Å²) in [5.74, 6) is 0.0740. The van der Waals surface area contributed by atoms with Gasteiger partial charge in [-0.2, -0.15) is 0 Å². The molecule has 0 bridgehead atoms. The molecule has 2 N–H and O–H groups in total. The van der Waals surface area contributed by atoms with Crippen molar-refractivity contribution in [3.63, 3.8) is 0 Å². The number of piperidine rings is 1. The van der Waals surface area contributed by atoms with E-state index in [1.165, 1.54) is 11.8 Å². The van der Waals surface area contributed by atoms with Crippen molar-refractivity contribution in [2.24, 2.45) is 11.7 Å². The molecule has 0 saturated carbocycles. The molecule has 122 valence electrons. The first-order chi connectivity index (χ1) is 11.0. The minimum Gasteiger partial charge on any atom is -0.369 e. The first kappa shape index (κ1) is 16.5. The van der Waals surface area contributed by atoms with Crippen LogP contribution in [-0.4, -0.2) is 40.5 Å². The van der Waals surface area contributed by atoms with Crippen LogP contribution in [0.3, 0.4) is 0 Å². The van der Waals surface area contributed by atoms with Crippen LogP contribution in [0.1, 0.15) is 12.8 Å². The molecule has 1 aromatic carbocycles. The van der Waals surface area contributed by atoms with Crippen molar-refractivity contribution in [2.45, 2.75) is 17.2 Å². The minimum atomic E-state index is -0.264. The molecule has 0 atom stereocenters. The molecule has 23 heavy (non-hydrogen) atoms. The predicted molar refractivity (Wildman–Crippen MR) is 93.9 cm³/mol. The molecule has 5 nitrogen and oxygen atoms in total. The molecular formula is C15H16ClN3O2S2. The van der Waals surface area contributed by atoms with Gasteiger partial charge in [0, 0.05) is 24.0 Å². The molecule has 1 fully saturated rings. The summed E-state index contributed by atoms with van der Waals surface area (Å²) in [5.41, 5.74) is 6.17. The molecule has 2 amide bonds. The number of hydrogen-bond donors (Lipinski definition) is 1. The van der Waals surface area contributed by atoms with E-state index in [1.807, 2.05) is 18.2 Å². The van der Waals surface area contributed by atoms with Crippen LogP contribution in [0.2, 0.25) is 5.02 Å². The van der Waals surface area contributed by atoms with Gasteiger partial charge in [0.15, 0.2) is 4.34 Å². The van der Waals surface area contributed by atoms with Gasteiger partial charge in [-0.05, 0) is 31.0 Å². The number of likely N-dealkylation sites (tertiary alicyclic amines) is 1. The molecule has 8 heteroatoms. The average molecular weight is 370 g/mol. The first-order valence-corrected chi connectivity index (χ1v) is 9.47. The van der Waals surface area contributed by atoms with Gasteiger partial charge in [-0.3, -0.25) is 9.59 Å². The van der Waals surface area contributed by atoms with Crippen LogP contribution < -0.4 is 5.73 Å². The van der Waals surface area contributed by atoms with Gasteiger partial charge in [0.2, 0.25) is 11.8 Å². The van der Waals surface area contributed by atoms with E-state index in [4.69, 9.17) is 17.3 Å². The predicted octanol–water partition coefficient (Wildman–Crippen LogP) is 2.77. The second-order valence-electron chi connectivity index (χ2n) is 5.44. The van der Waals surface area contributed by atoms with Gasteiger partial charge in [0.25, 0.3) is 0 Å². The Kier molecular flexibility index (Phi) is 5.08. The zero-order chi connectivity index (χ0) is 16.4. The monoisotopic (exact) mass is 369 g/mol. The van der Waals surface area contributed by atoms with Gasteiger partial charge in [0.05, 0.1) is 16.0 Å². The maximum absolute atomic E-state index is 12.3. The third-order valence-corrected chi connectivity index (χ3v) is 6.30. The molecule has 0 unspecified atom stereocenters. The number of carbonyl (C=O) groups excluding carboxylic acids is 2. The van der Waals surface area contributed by atoms with Gasteiger partial charge in [-0.1, -0.05) is 23.4 Å². The molecule has 2 aromatic rings. The summed E-state index contributed by atoms with van der Waals surface area (Å²) < 4.78 is 1.93. The minimum absolute atomic E-state index is 0.0789. The fraction of sp³-hybridized carbons (Fsp3) is 0.400. The molecule has 3 rings (SSSR count). The molecule has 0 aliphatic carbocycles. The number of fused-ring (bicyclic) bond motifs is 1. The molecule has 1 saturated heterocycles. The number of primary amides is 1. The van der Waals surface area contributed by atoms with Crippen LogP contribution in [-0.2, 0) is 9.59 Å². The second-order valence-corrected chi connectivity index (χ2v) is 8.13. The number of rotatable bonds is 4. The number of halogens is 1. The molecule has 0 spiro atoms. The highest BCUT2D eigenvalue weighted by Crippen LogP contribution is 2.31. The summed E-state index contributed by atoms with van der Waals surface area (Å²) in [6, 6.07) is 5.61. The Hall–Kier alpha value is -1.31. The summed E-state index contributed by atoms with van der Waals surface area (Å²) in [7, 11) is 0. The van der Waals surface area contributed by atoms with Gasteiger partial charge in [0.1, 0.15) is 0 Å². The van der Waals surface area contributed by atoms with Gasteiger partial charge < -0.3 is 10.6 Å². The number of nitrogens with two attached hydrogens (primary N) is 1. The Morgan fingerprint density at radius 2 is 2.13 bits per heavy atom. The van der Waals surface area contributed by atoms with Crippen LogP contribution >= 0.6 is 34.7 Å². The van der Waals surface area contributed by atoms with E-state index in [9.17, 15) is 9.59 Å². The number of carbonyl (C=O) groups is 2. The Labute approximate surface area is 147 Å². The van der Waals surface area contributed by atoms with Crippen molar-refractivity contribution >= 4 is 56.7 Å². The summed E-state index contributed by atoms with van der Waals surface area (Å²) in [6.45, 7) is 1.20. The lowest BCUT2D eigenvalue weighted by atomic mass is 9.96. The Morgan fingerprint density at radius 3 is 2.83 bits per heavy atom. The van der Waals surface area contributed by atoms with Crippen molar-refractivity contribution in [3.05, 3.63) is 23.2 Å². The SMILES string of the molecule is NC(=O)C1CCN(C(=O)CSc2nc3cc(Cl)ccc3s2)CC1. The van der Waals surface area contributed by atoms with E-state index in [2.05, 4.69) is 4.98 Å². The number of hydrogen-bond acceptors (Lipinski definition) is 5. The lowest BCUT2D eigenvalue weighted by Crippen LogP contribution is -2.42. The highest BCUT2D eigenvalue weighted by Gasteiger charge is 2.25. The van der Waals surface area contributed by atoms with Crippen LogP contribution in [0.4, 0.5) is 0 Å². The first-order valence-electron chi connectivity index (χ1n) is 7.29. The second kappa shape index (κ2) is 7.07. The van der Waals surface area contributed by atoms with Crippen LogP contribution in [0.25, 0.3) is 10.2 Å². The quantitative estimate of drug-likeness (QED) is 0.841. The van der Waals surface area contributed by atoms with Crippen LogP contribution in [0, 0.1) is 5.92 Å². The topological polar surface area (TPSA) is 76.3 Å². The lowest BCUT2D eigenvalue weighted by Gasteiger charge is -2.30. The van der Waals surface area contributed by atoms with Crippen molar-refractivity contribution in [3.8, 4) is 0 Å². The molecule has 0 radical (unpaired) electrons. The zero-order valence-electron chi connectivity index (χ0n) is 12.3.